The van der Waals surface area contributed by atoms with Gasteiger partial charge in [0.1, 0.15) is 16.5 Å². The standard InChI is InChI=1S/C15H16N4O2S2.C2HF3O2/c1-7-14(19-13(6-16)22-7)15(20)18-9-5-12-10(4-11(9)21-3)17-8(2)23-12;3-2(4,5)1(6)7/h4-5H,6,16H2,1-3H3,(H,18,20);(H,6,7). The zero-order valence-corrected chi connectivity index (χ0v) is 17.6. The number of alkyl halides is 3. The van der Waals surface area contributed by atoms with Gasteiger partial charge in [0.05, 0.1) is 28.0 Å². The van der Waals surface area contributed by atoms with Gasteiger partial charge in [-0.3, -0.25) is 4.79 Å². The minimum atomic E-state index is -5.08. The molecule has 30 heavy (non-hydrogen) atoms. The number of carbonyl (C=O) groups excluding carboxylic acids is 1. The highest BCUT2D eigenvalue weighted by molar-refractivity contribution is 7.18. The molecule has 2 heterocycles. The average molecular weight is 462 g/mol. The summed E-state index contributed by atoms with van der Waals surface area (Å²) in [7, 11) is 1.57. The van der Waals surface area contributed by atoms with Gasteiger partial charge in [-0.25, -0.2) is 14.8 Å². The summed E-state index contributed by atoms with van der Waals surface area (Å²) in [6.07, 6.45) is -5.08. The molecule has 13 heteroatoms. The van der Waals surface area contributed by atoms with Crippen LogP contribution in [0.1, 0.15) is 25.4 Å². The molecule has 0 spiro atoms. The van der Waals surface area contributed by atoms with Crippen LogP contribution in [-0.2, 0) is 11.3 Å². The molecule has 0 bridgehead atoms. The molecule has 162 valence electrons. The number of hydrogen-bond donors (Lipinski definition) is 3. The number of ether oxygens (including phenoxy) is 1. The molecule has 0 atom stereocenters. The number of fused-ring (bicyclic) bond motifs is 1. The van der Waals surface area contributed by atoms with Crippen molar-refractivity contribution in [1.29, 1.82) is 0 Å². The van der Waals surface area contributed by atoms with Crippen molar-refractivity contribution in [3.8, 4) is 5.75 Å². The Morgan fingerprint density at radius 2 is 1.87 bits per heavy atom. The van der Waals surface area contributed by atoms with Crippen LogP contribution in [0.15, 0.2) is 12.1 Å². The lowest BCUT2D eigenvalue weighted by atomic mass is 10.2. The number of carboxylic acids is 1. The van der Waals surface area contributed by atoms with Gasteiger partial charge in [0.15, 0.2) is 0 Å². The van der Waals surface area contributed by atoms with Gasteiger partial charge in [0, 0.05) is 17.5 Å². The number of aliphatic carboxylic acids is 1. The van der Waals surface area contributed by atoms with Crippen molar-refractivity contribution >= 4 is 50.5 Å². The van der Waals surface area contributed by atoms with E-state index in [-0.39, 0.29) is 5.91 Å². The number of hydrogen-bond acceptors (Lipinski definition) is 8. The van der Waals surface area contributed by atoms with Crippen molar-refractivity contribution in [2.75, 3.05) is 12.4 Å². The average Bonchev–Trinajstić information content (AvgIpc) is 3.21. The summed E-state index contributed by atoms with van der Waals surface area (Å²) in [5, 5.41) is 11.7. The fourth-order valence-electron chi connectivity index (χ4n) is 2.27. The van der Waals surface area contributed by atoms with Crippen molar-refractivity contribution in [1.82, 2.24) is 9.97 Å². The van der Waals surface area contributed by atoms with Crippen LogP contribution in [0.25, 0.3) is 10.2 Å². The van der Waals surface area contributed by atoms with E-state index in [0.717, 1.165) is 25.1 Å². The van der Waals surface area contributed by atoms with Crippen LogP contribution in [0.3, 0.4) is 0 Å². The Morgan fingerprint density at radius 1 is 1.23 bits per heavy atom. The lowest BCUT2D eigenvalue weighted by molar-refractivity contribution is -0.192. The SMILES string of the molecule is COc1cc2nc(C)sc2cc1NC(=O)c1nc(CN)sc1C.O=C(O)C(F)(F)F. The number of thiazole rings is 2. The second kappa shape index (κ2) is 9.36. The van der Waals surface area contributed by atoms with Crippen molar-refractivity contribution in [2.45, 2.75) is 26.6 Å². The predicted octanol–water partition coefficient (Wildman–Crippen LogP) is 3.72. The Balaban J connectivity index is 0.000000396. The Bertz CT molecular complexity index is 1080. The van der Waals surface area contributed by atoms with E-state index in [1.54, 1.807) is 18.4 Å². The van der Waals surface area contributed by atoms with E-state index in [4.69, 9.17) is 20.4 Å². The number of aryl methyl sites for hydroxylation is 2. The maximum atomic E-state index is 12.5. The number of nitrogens with one attached hydrogen (secondary N) is 1. The first-order valence-corrected chi connectivity index (χ1v) is 9.82. The Labute approximate surface area is 176 Å². The number of amides is 1. The molecule has 0 saturated carbocycles. The van der Waals surface area contributed by atoms with Crippen LogP contribution in [0.2, 0.25) is 0 Å². The first-order valence-electron chi connectivity index (χ1n) is 8.19. The highest BCUT2D eigenvalue weighted by atomic mass is 32.1. The Hall–Kier alpha value is -2.77. The third-order valence-electron chi connectivity index (χ3n) is 3.54. The Morgan fingerprint density at radius 3 is 2.37 bits per heavy atom. The van der Waals surface area contributed by atoms with Crippen LogP contribution in [0.4, 0.5) is 18.9 Å². The van der Waals surface area contributed by atoms with E-state index in [0.29, 0.717) is 23.7 Å². The number of nitrogens with two attached hydrogens (primary N) is 1. The summed E-state index contributed by atoms with van der Waals surface area (Å²) < 4.78 is 38.1. The second-order valence-electron chi connectivity index (χ2n) is 5.73. The lowest BCUT2D eigenvalue weighted by Gasteiger charge is -2.09. The van der Waals surface area contributed by atoms with Crippen LogP contribution in [0, 0.1) is 13.8 Å². The monoisotopic (exact) mass is 462 g/mol. The minimum absolute atomic E-state index is 0.266. The molecular formula is C17H17F3N4O4S2. The first kappa shape index (κ1) is 23.5. The third kappa shape index (κ3) is 5.64. The number of carboxylic acid groups (broad SMARTS) is 1. The number of rotatable bonds is 4. The van der Waals surface area contributed by atoms with Crippen LogP contribution < -0.4 is 15.8 Å². The smallest absolute Gasteiger partial charge is 0.490 e. The van der Waals surface area contributed by atoms with Crippen molar-refractivity contribution < 1.29 is 32.6 Å². The van der Waals surface area contributed by atoms with Crippen molar-refractivity contribution in [2.24, 2.45) is 5.73 Å². The maximum absolute atomic E-state index is 12.5. The van der Waals surface area contributed by atoms with Gasteiger partial charge in [-0.1, -0.05) is 0 Å². The molecule has 0 radical (unpaired) electrons. The van der Waals surface area contributed by atoms with E-state index in [1.807, 2.05) is 26.0 Å². The van der Waals surface area contributed by atoms with E-state index in [2.05, 4.69) is 15.3 Å². The number of halogens is 3. The highest BCUT2D eigenvalue weighted by Crippen LogP contribution is 2.33. The molecule has 0 aliphatic heterocycles. The minimum Gasteiger partial charge on any atom is -0.494 e. The van der Waals surface area contributed by atoms with E-state index < -0.39 is 12.1 Å². The molecule has 0 unspecified atom stereocenters. The molecule has 0 saturated heterocycles. The fourth-order valence-corrected chi connectivity index (χ4v) is 3.92. The number of aromatic nitrogens is 2. The van der Waals surface area contributed by atoms with Gasteiger partial charge in [-0.2, -0.15) is 13.2 Å². The molecule has 8 nitrogen and oxygen atoms in total. The molecule has 0 fully saturated rings. The number of nitrogens with zero attached hydrogens (tertiary/aromatic N) is 2. The molecule has 4 N–H and O–H groups in total. The van der Waals surface area contributed by atoms with Gasteiger partial charge in [0.2, 0.25) is 0 Å². The molecule has 0 aliphatic carbocycles. The van der Waals surface area contributed by atoms with E-state index in [1.165, 1.54) is 11.3 Å². The molecule has 3 rings (SSSR count). The second-order valence-corrected chi connectivity index (χ2v) is 8.25. The summed E-state index contributed by atoms with van der Waals surface area (Å²) >= 11 is 3.00. The molecule has 1 amide bonds. The molecule has 1 aromatic carbocycles. The van der Waals surface area contributed by atoms with Gasteiger partial charge in [0.25, 0.3) is 5.91 Å². The Kier molecular flexibility index (Phi) is 7.34. The van der Waals surface area contributed by atoms with Gasteiger partial charge in [-0.15, -0.1) is 22.7 Å². The summed E-state index contributed by atoms with van der Waals surface area (Å²) in [5.74, 6) is -2.45. The van der Waals surface area contributed by atoms with E-state index in [9.17, 15) is 18.0 Å². The predicted molar refractivity (Wildman–Crippen MR) is 107 cm³/mol. The number of benzene rings is 1. The van der Waals surface area contributed by atoms with Gasteiger partial charge < -0.3 is 20.9 Å². The van der Waals surface area contributed by atoms with Gasteiger partial charge >= 0.3 is 12.1 Å². The quantitative estimate of drug-likeness (QED) is 0.539. The van der Waals surface area contributed by atoms with Crippen LogP contribution in [-0.4, -0.2) is 40.2 Å². The lowest BCUT2D eigenvalue weighted by Crippen LogP contribution is -2.21. The fraction of sp³-hybridized carbons (Fsp3) is 0.294. The zero-order chi connectivity index (χ0) is 22.6. The van der Waals surface area contributed by atoms with Crippen LogP contribution in [0.5, 0.6) is 5.75 Å². The maximum Gasteiger partial charge on any atom is 0.490 e. The largest absolute Gasteiger partial charge is 0.494 e. The van der Waals surface area contributed by atoms with E-state index >= 15 is 0 Å². The summed E-state index contributed by atoms with van der Waals surface area (Å²) in [5.41, 5.74) is 7.45. The zero-order valence-electron chi connectivity index (χ0n) is 16.0. The number of carbonyl (C=O) groups is 2. The van der Waals surface area contributed by atoms with Crippen molar-refractivity contribution in [3.05, 3.63) is 32.7 Å². The molecule has 0 aliphatic rings. The first-order chi connectivity index (χ1) is 14.0. The molecule has 2 aromatic heterocycles. The summed E-state index contributed by atoms with van der Waals surface area (Å²) in [6, 6.07) is 3.70. The highest BCUT2D eigenvalue weighted by Gasteiger charge is 2.38. The van der Waals surface area contributed by atoms with Gasteiger partial charge in [-0.05, 0) is 19.9 Å². The molecular weight excluding hydrogens is 445 g/mol. The summed E-state index contributed by atoms with van der Waals surface area (Å²) in [4.78, 5) is 30.9. The molecule has 3 aromatic rings. The number of methoxy groups -OCH3 is 1. The van der Waals surface area contributed by atoms with Crippen LogP contribution >= 0.6 is 22.7 Å². The normalized spacial score (nSPS) is 11.0. The number of anilines is 1. The topological polar surface area (TPSA) is 127 Å². The third-order valence-corrected chi connectivity index (χ3v) is 5.46. The van der Waals surface area contributed by atoms with Crippen molar-refractivity contribution in [3.63, 3.8) is 0 Å². The summed E-state index contributed by atoms with van der Waals surface area (Å²) in [6.45, 7) is 4.13.